The lowest BCUT2D eigenvalue weighted by molar-refractivity contribution is -0.270. The van der Waals surface area contributed by atoms with Crippen LogP contribution in [-0.4, -0.2) is 43.8 Å². The number of benzene rings is 2. The number of rotatable bonds is 6. The van der Waals surface area contributed by atoms with Crippen LogP contribution in [0.1, 0.15) is 34.0 Å². The number of aliphatic hydroxyl groups excluding tert-OH is 1. The molecule has 2 aromatic rings. The molecule has 4 atom stereocenters. The van der Waals surface area contributed by atoms with Gasteiger partial charge in [0.15, 0.2) is 6.29 Å². The quantitative estimate of drug-likeness (QED) is 0.786. The Labute approximate surface area is 158 Å². The Kier molecular flexibility index (Phi) is 6.58. The average Bonchev–Trinajstić information content (AvgIpc) is 2.72. The molecule has 1 aliphatic heterocycles. The highest BCUT2D eigenvalue weighted by Crippen LogP contribution is 2.34. The Balaban J connectivity index is 1.66. The van der Waals surface area contributed by atoms with E-state index in [0.717, 1.165) is 11.1 Å². The van der Waals surface area contributed by atoms with Gasteiger partial charge in [-0.25, -0.2) is 4.79 Å². The molecule has 1 fully saturated rings. The van der Waals surface area contributed by atoms with E-state index in [2.05, 4.69) is 0 Å². The van der Waals surface area contributed by atoms with Crippen LogP contribution in [0.25, 0.3) is 0 Å². The van der Waals surface area contributed by atoms with Gasteiger partial charge in [-0.2, -0.15) is 0 Å². The maximum Gasteiger partial charge on any atom is 0.337 e. The van der Waals surface area contributed by atoms with E-state index in [1.165, 1.54) is 7.11 Å². The highest BCUT2D eigenvalue weighted by molar-refractivity contribution is 5.89. The normalized spacial score (nSPS) is 25.1. The van der Waals surface area contributed by atoms with Gasteiger partial charge in [0.2, 0.25) is 0 Å². The van der Waals surface area contributed by atoms with E-state index in [-0.39, 0.29) is 6.10 Å². The molecule has 1 aliphatic rings. The van der Waals surface area contributed by atoms with E-state index in [0.29, 0.717) is 18.6 Å². The Morgan fingerprint density at radius 2 is 1.81 bits per heavy atom. The average molecular weight is 372 g/mol. The molecule has 0 aromatic heterocycles. The lowest BCUT2D eigenvalue weighted by Gasteiger charge is -2.38. The molecule has 6 heteroatoms. The summed E-state index contributed by atoms with van der Waals surface area (Å²) >= 11 is 0. The zero-order valence-electron chi connectivity index (χ0n) is 15.4. The SMILES string of the molecule is COC(=O)c1ccc([C@@H]2O[C@H](OC)[C@H](OCc3ccccc3)C[C@H]2O)cc1. The molecule has 1 heterocycles. The van der Waals surface area contributed by atoms with Crippen LogP contribution in [0, 0.1) is 0 Å². The summed E-state index contributed by atoms with van der Waals surface area (Å²) in [7, 11) is 2.89. The van der Waals surface area contributed by atoms with Crippen molar-refractivity contribution in [1.29, 1.82) is 0 Å². The third-order valence-electron chi connectivity index (χ3n) is 4.61. The van der Waals surface area contributed by atoms with Crippen molar-refractivity contribution < 1.29 is 28.8 Å². The van der Waals surface area contributed by atoms with E-state index in [1.807, 2.05) is 30.3 Å². The molecule has 1 N–H and O–H groups in total. The van der Waals surface area contributed by atoms with Crippen molar-refractivity contribution in [1.82, 2.24) is 0 Å². The number of hydrogen-bond donors (Lipinski definition) is 1. The number of methoxy groups -OCH3 is 2. The van der Waals surface area contributed by atoms with Crippen molar-refractivity contribution in [3.8, 4) is 0 Å². The molecule has 0 aliphatic carbocycles. The Morgan fingerprint density at radius 3 is 2.44 bits per heavy atom. The van der Waals surface area contributed by atoms with Crippen LogP contribution in [0.15, 0.2) is 54.6 Å². The second-order valence-electron chi connectivity index (χ2n) is 6.41. The fourth-order valence-corrected chi connectivity index (χ4v) is 3.15. The molecular weight excluding hydrogens is 348 g/mol. The van der Waals surface area contributed by atoms with Gasteiger partial charge in [0.25, 0.3) is 0 Å². The summed E-state index contributed by atoms with van der Waals surface area (Å²) in [5.41, 5.74) is 2.25. The van der Waals surface area contributed by atoms with Gasteiger partial charge in [-0.15, -0.1) is 0 Å². The van der Waals surface area contributed by atoms with Gasteiger partial charge >= 0.3 is 5.97 Å². The van der Waals surface area contributed by atoms with Crippen molar-refractivity contribution in [3.63, 3.8) is 0 Å². The molecule has 0 bridgehead atoms. The molecule has 0 unspecified atom stereocenters. The van der Waals surface area contributed by atoms with Crippen molar-refractivity contribution in [2.24, 2.45) is 0 Å². The monoisotopic (exact) mass is 372 g/mol. The number of carbonyl (C=O) groups excluding carboxylic acids is 1. The molecule has 2 aromatic carbocycles. The molecule has 0 radical (unpaired) electrons. The fraction of sp³-hybridized carbons (Fsp3) is 0.381. The van der Waals surface area contributed by atoms with Crippen molar-refractivity contribution >= 4 is 5.97 Å². The molecule has 0 spiro atoms. The van der Waals surface area contributed by atoms with Crippen LogP contribution in [0.3, 0.4) is 0 Å². The largest absolute Gasteiger partial charge is 0.465 e. The summed E-state index contributed by atoms with van der Waals surface area (Å²) in [4.78, 5) is 11.6. The van der Waals surface area contributed by atoms with Crippen LogP contribution < -0.4 is 0 Å². The van der Waals surface area contributed by atoms with Crippen LogP contribution >= 0.6 is 0 Å². The summed E-state index contributed by atoms with van der Waals surface area (Å²) in [5.74, 6) is -0.407. The van der Waals surface area contributed by atoms with Gasteiger partial charge in [0.1, 0.15) is 12.2 Å². The predicted molar refractivity (Wildman–Crippen MR) is 98.0 cm³/mol. The fourth-order valence-electron chi connectivity index (χ4n) is 3.15. The summed E-state index contributed by atoms with van der Waals surface area (Å²) in [6.07, 6.45) is -1.90. The molecular formula is C21H24O6. The van der Waals surface area contributed by atoms with E-state index in [1.54, 1.807) is 31.4 Å². The van der Waals surface area contributed by atoms with E-state index in [9.17, 15) is 9.90 Å². The minimum Gasteiger partial charge on any atom is -0.465 e. The zero-order chi connectivity index (χ0) is 19.2. The minimum absolute atomic E-state index is 0.379. The molecule has 3 rings (SSSR count). The van der Waals surface area contributed by atoms with E-state index in [4.69, 9.17) is 18.9 Å². The maximum atomic E-state index is 11.6. The molecule has 27 heavy (non-hydrogen) atoms. The van der Waals surface area contributed by atoms with Crippen LogP contribution in [-0.2, 0) is 25.6 Å². The van der Waals surface area contributed by atoms with Crippen molar-refractivity contribution in [3.05, 3.63) is 71.3 Å². The predicted octanol–water partition coefficient (Wildman–Crippen LogP) is 2.85. The molecule has 144 valence electrons. The second-order valence-corrected chi connectivity index (χ2v) is 6.41. The lowest BCUT2D eigenvalue weighted by Crippen LogP contribution is -2.45. The van der Waals surface area contributed by atoms with Crippen LogP contribution in [0.2, 0.25) is 0 Å². The second kappa shape index (κ2) is 9.10. The van der Waals surface area contributed by atoms with Gasteiger partial charge in [-0.3, -0.25) is 0 Å². The van der Waals surface area contributed by atoms with Crippen LogP contribution in [0.5, 0.6) is 0 Å². The lowest BCUT2D eigenvalue weighted by atomic mass is 9.95. The number of ether oxygens (including phenoxy) is 4. The first-order valence-corrected chi connectivity index (χ1v) is 8.82. The van der Waals surface area contributed by atoms with E-state index >= 15 is 0 Å². The summed E-state index contributed by atoms with van der Waals surface area (Å²) in [6, 6.07) is 16.6. The van der Waals surface area contributed by atoms with Crippen molar-refractivity contribution in [2.75, 3.05) is 14.2 Å². The smallest absolute Gasteiger partial charge is 0.337 e. The highest BCUT2D eigenvalue weighted by Gasteiger charge is 2.38. The Bertz CT molecular complexity index is 730. The van der Waals surface area contributed by atoms with Gasteiger partial charge < -0.3 is 24.1 Å². The zero-order valence-corrected chi connectivity index (χ0v) is 15.4. The standard InChI is InChI=1S/C21H24O6/c1-24-20(23)16-10-8-15(9-11-16)19-17(22)12-18(21(25-2)27-19)26-13-14-6-4-3-5-7-14/h3-11,17-19,21-22H,12-13H2,1-2H3/t17-,18-,19+,21+/m1/s1. The van der Waals surface area contributed by atoms with Gasteiger partial charge in [0.05, 0.1) is 25.4 Å². The third-order valence-corrected chi connectivity index (χ3v) is 4.61. The van der Waals surface area contributed by atoms with Gasteiger partial charge in [-0.05, 0) is 23.3 Å². The third kappa shape index (κ3) is 4.73. The molecule has 0 saturated carbocycles. The number of esters is 1. The maximum absolute atomic E-state index is 11.6. The topological polar surface area (TPSA) is 74.2 Å². The number of hydrogen-bond acceptors (Lipinski definition) is 6. The summed E-state index contributed by atoms with van der Waals surface area (Å²) in [6.45, 7) is 0.417. The van der Waals surface area contributed by atoms with Gasteiger partial charge in [-0.1, -0.05) is 42.5 Å². The van der Waals surface area contributed by atoms with E-state index < -0.39 is 24.5 Å². The van der Waals surface area contributed by atoms with Crippen molar-refractivity contribution in [2.45, 2.75) is 37.6 Å². The van der Waals surface area contributed by atoms with Gasteiger partial charge in [0, 0.05) is 13.5 Å². The molecule has 1 saturated heterocycles. The molecule has 0 amide bonds. The first-order valence-electron chi connectivity index (χ1n) is 8.82. The number of aliphatic hydroxyl groups is 1. The number of carbonyl (C=O) groups is 1. The first-order chi connectivity index (χ1) is 13.1. The highest BCUT2D eigenvalue weighted by atomic mass is 16.7. The Hall–Kier alpha value is -2.25. The minimum atomic E-state index is -0.749. The molecule has 6 nitrogen and oxygen atoms in total. The Morgan fingerprint density at radius 1 is 1.11 bits per heavy atom. The first kappa shape index (κ1) is 19.5. The summed E-state index contributed by atoms with van der Waals surface area (Å²) in [5, 5.41) is 10.6. The summed E-state index contributed by atoms with van der Waals surface area (Å²) < 4.78 is 22.0. The van der Waals surface area contributed by atoms with Crippen LogP contribution in [0.4, 0.5) is 0 Å².